The Hall–Kier alpha value is -2.45. The number of nitro groups is 1. The lowest BCUT2D eigenvalue weighted by molar-refractivity contribution is -0.384. The van der Waals surface area contributed by atoms with Crippen molar-refractivity contribution in [1.29, 1.82) is 0 Å². The number of halogens is 1. The van der Waals surface area contributed by atoms with Crippen molar-refractivity contribution in [2.75, 3.05) is 5.32 Å². The van der Waals surface area contributed by atoms with Crippen LogP contribution >= 0.6 is 22.9 Å². The molecule has 3 N–H and O–H groups in total. The van der Waals surface area contributed by atoms with Gasteiger partial charge >= 0.3 is 0 Å². The van der Waals surface area contributed by atoms with Crippen LogP contribution in [0.2, 0.25) is 5.02 Å². The van der Waals surface area contributed by atoms with Gasteiger partial charge in [0, 0.05) is 17.0 Å². The number of nitrogens with two attached hydrogens (primary N) is 1. The number of hydrogen-bond acceptors (Lipinski definition) is 5. The van der Waals surface area contributed by atoms with Crippen molar-refractivity contribution < 1.29 is 14.5 Å². The second-order valence-electron chi connectivity index (χ2n) is 6.46. The van der Waals surface area contributed by atoms with Crippen LogP contribution < -0.4 is 11.1 Å². The van der Waals surface area contributed by atoms with Crippen LogP contribution in [0.4, 0.5) is 10.7 Å². The van der Waals surface area contributed by atoms with Crippen molar-refractivity contribution in [3.63, 3.8) is 0 Å². The van der Waals surface area contributed by atoms with Crippen molar-refractivity contribution in [2.24, 2.45) is 11.7 Å². The number of non-ortho nitro benzene ring substituents is 1. The van der Waals surface area contributed by atoms with Gasteiger partial charge in [-0.25, -0.2) is 0 Å². The zero-order valence-corrected chi connectivity index (χ0v) is 16.2. The Bertz CT molecular complexity index is 941. The van der Waals surface area contributed by atoms with Gasteiger partial charge in [-0.3, -0.25) is 19.7 Å². The van der Waals surface area contributed by atoms with Gasteiger partial charge in [-0.1, -0.05) is 24.9 Å². The molecule has 0 fully saturated rings. The zero-order chi connectivity index (χ0) is 19.7. The SMILES string of the molecule is CC[C@H]1CCc2c(sc(NC(=O)c3ccc([N+](=O)[O-])cc3Cl)c2C(N)=O)C1. The van der Waals surface area contributed by atoms with Gasteiger partial charge in [-0.15, -0.1) is 11.3 Å². The number of amides is 2. The fraction of sp³-hybridized carbons (Fsp3) is 0.333. The van der Waals surface area contributed by atoms with Crippen LogP contribution in [0.15, 0.2) is 18.2 Å². The molecule has 7 nitrogen and oxygen atoms in total. The molecule has 1 aliphatic carbocycles. The highest BCUT2D eigenvalue weighted by Gasteiger charge is 2.28. The number of carbonyl (C=O) groups is 2. The van der Waals surface area contributed by atoms with E-state index in [2.05, 4.69) is 12.2 Å². The van der Waals surface area contributed by atoms with Gasteiger partial charge in [-0.2, -0.15) is 0 Å². The smallest absolute Gasteiger partial charge is 0.270 e. The highest BCUT2D eigenvalue weighted by Crippen LogP contribution is 2.40. The molecule has 142 valence electrons. The first-order chi connectivity index (χ1) is 12.8. The third kappa shape index (κ3) is 3.81. The lowest BCUT2D eigenvalue weighted by Gasteiger charge is -2.20. The number of nitrogens with zero attached hydrogens (tertiary/aromatic N) is 1. The van der Waals surface area contributed by atoms with E-state index in [0.29, 0.717) is 16.5 Å². The summed E-state index contributed by atoms with van der Waals surface area (Å²) in [5.41, 5.74) is 6.73. The fourth-order valence-corrected chi connectivity index (χ4v) is 4.95. The van der Waals surface area contributed by atoms with E-state index in [9.17, 15) is 19.7 Å². The summed E-state index contributed by atoms with van der Waals surface area (Å²) in [6.07, 6.45) is 3.67. The maximum atomic E-state index is 12.6. The van der Waals surface area contributed by atoms with E-state index in [-0.39, 0.29) is 16.3 Å². The number of primary amides is 1. The summed E-state index contributed by atoms with van der Waals surface area (Å²) < 4.78 is 0. The Morgan fingerprint density at radius 1 is 1.44 bits per heavy atom. The Morgan fingerprint density at radius 3 is 2.78 bits per heavy atom. The van der Waals surface area contributed by atoms with Gasteiger partial charge in [0.25, 0.3) is 17.5 Å². The molecule has 0 aliphatic heterocycles. The molecule has 0 saturated carbocycles. The summed E-state index contributed by atoms with van der Waals surface area (Å²) in [4.78, 5) is 35.9. The van der Waals surface area contributed by atoms with Crippen LogP contribution in [0.5, 0.6) is 0 Å². The number of anilines is 1. The molecule has 1 atom stereocenters. The van der Waals surface area contributed by atoms with Crippen molar-refractivity contribution >= 4 is 45.4 Å². The number of carbonyl (C=O) groups excluding carboxylic acids is 2. The van der Waals surface area contributed by atoms with Gasteiger partial charge < -0.3 is 11.1 Å². The quantitative estimate of drug-likeness (QED) is 0.571. The van der Waals surface area contributed by atoms with Gasteiger partial charge in [0.2, 0.25) is 0 Å². The summed E-state index contributed by atoms with van der Waals surface area (Å²) in [5, 5.41) is 13.9. The van der Waals surface area contributed by atoms with Crippen LogP contribution in [-0.4, -0.2) is 16.7 Å². The fourth-order valence-electron chi connectivity index (χ4n) is 3.32. The topological polar surface area (TPSA) is 115 Å². The minimum absolute atomic E-state index is 0.0327. The third-order valence-corrected chi connectivity index (χ3v) is 6.31. The molecular formula is C18H18ClN3O4S. The average molecular weight is 408 g/mol. The molecule has 0 saturated heterocycles. The minimum atomic E-state index is -0.587. The number of benzene rings is 1. The summed E-state index contributed by atoms with van der Waals surface area (Å²) in [6.45, 7) is 2.14. The third-order valence-electron chi connectivity index (χ3n) is 4.83. The maximum absolute atomic E-state index is 12.6. The number of fused-ring (bicyclic) bond motifs is 1. The standard InChI is InChI=1S/C18H18ClN3O4S/c1-2-9-3-5-12-14(7-9)27-18(15(12)16(20)23)21-17(24)11-6-4-10(22(25)26)8-13(11)19/h4,6,8-9H,2-3,5,7H2,1H3,(H2,20,23)(H,21,24)/t9-/m0/s1. The predicted octanol–water partition coefficient (Wildman–Crippen LogP) is 4.18. The van der Waals surface area contributed by atoms with Gasteiger partial charge in [0.05, 0.1) is 21.1 Å². The predicted molar refractivity (Wildman–Crippen MR) is 105 cm³/mol. The number of nitrogens with one attached hydrogen (secondary N) is 1. The summed E-state index contributed by atoms with van der Waals surface area (Å²) >= 11 is 7.38. The molecular weight excluding hydrogens is 390 g/mol. The Morgan fingerprint density at radius 2 is 2.19 bits per heavy atom. The molecule has 9 heteroatoms. The minimum Gasteiger partial charge on any atom is -0.365 e. The van der Waals surface area contributed by atoms with Crippen LogP contribution in [0.1, 0.15) is 50.9 Å². The summed E-state index contributed by atoms with van der Waals surface area (Å²) in [7, 11) is 0. The second-order valence-corrected chi connectivity index (χ2v) is 7.98. The Balaban J connectivity index is 1.91. The van der Waals surface area contributed by atoms with Gasteiger partial charge in [-0.05, 0) is 36.8 Å². The van der Waals surface area contributed by atoms with Gasteiger partial charge in [0.1, 0.15) is 5.00 Å². The Labute approximate surface area is 164 Å². The van der Waals surface area contributed by atoms with E-state index in [1.165, 1.54) is 23.5 Å². The highest BCUT2D eigenvalue weighted by atomic mass is 35.5. The van der Waals surface area contributed by atoms with Crippen molar-refractivity contribution in [3.05, 3.63) is 54.9 Å². The molecule has 0 spiro atoms. The van der Waals surface area contributed by atoms with E-state index in [1.807, 2.05) is 0 Å². The van der Waals surface area contributed by atoms with E-state index >= 15 is 0 Å². The highest BCUT2D eigenvalue weighted by molar-refractivity contribution is 7.17. The van der Waals surface area contributed by atoms with E-state index in [4.69, 9.17) is 17.3 Å². The molecule has 0 radical (unpaired) electrons. The van der Waals surface area contributed by atoms with Crippen LogP contribution in [0.3, 0.4) is 0 Å². The molecule has 2 amide bonds. The molecule has 3 rings (SSSR count). The average Bonchev–Trinajstić information content (AvgIpc) is 2.98. The normalized spacial score (nSPS) is 15.9. The van der Waals surface area contributed by atoms with E-state index in [1.54, 1.807) is 0 Å². The summed E-state index contributed by atoms with van der Waals surface area (Å²) in [5.74, 6) is -0.555. The number of thiophene rings is 1. The molecule has 1 aromatic heterocycles. The lowest BCUT2D eigenvalue weighted by atomic mass is 9.85. The van der Waals surface area contributed by atoms with Crippen LogP contribution in [0, 0.1) is 16.0 Å². The van der Waals surface area contributed by atoms with Crippen LogP contribution in [0.25, 0.3) is 0 Å². The van der Waals surface area contributed by atoms with Crippen molar-refractivity contribution in [2.45, 2.75) is 32.6 Å². The van der Waals surface area contributed by atoms with Crippen molar-refractivity contribution in [3.8, 4) is 0 Å². The second kappa shape index (κ2) is 7.66. The van der Waals surface area contributed by atoms with Crippen molar-refractivity contribution in [1.82, 2.24) is 0 Å². The largest absolute Gasteiger partial charge is 0.365 e. The van der Waals surface area contributed by atoms with E-state index < -0.39 is 16.7 Å². The Kier molecular flexibility index (Phi) is 5.48. The molecule has 27 heavy (non-hydrogen) atoms. The van der Waals surface area contributed by atoms with Gasteiger partial charge in [0.15, 0.2) is 0 Å². The molecule has 1 heterocycles. The first-order valence-electron chi connectivity index (χ1n) is 8.51. The zero-order valence-electron chi connectivity index (χ0n) is 14.6. The first-order valence-corrected chi connectivity index (χ1v) is 9.70. The first kappa shape index (κ1) is 19.3. The lowest BCUT2D eigenvalue weighted by Crippen LogP contribution is -2.20. The van der Waals surface area contributed by atoms with E-state index in [0.717, 1.165) is 42.2 Å². The van der Waals surface area contributed by atoms with Crippen LogP contribution in [-0.2, 0) is 12.8 Å². The molecule has 0 bridgehead atoms. The monoisotopic (exact) mass is 407 g/mol. The number of nitro benzene ring substituents is 1. The molecule has 2 aromatic rings. The maximum Gasteiger partial charge on any atom is 0.270 e. The molecule has 1 aliphatic rings. The molecule has 1 aromatic carbocycles. The molecule has 0 unspecified atom stereocenters. The summed E-state index contributed by atoms with van der Waals surface area (Å²) in [6, 6.07) is 3.62. The number of hydrogen-bond donors (Lipinski definition) is 2. The number of rotatable bonds is 5.